The Balaban J connectivity index is 2.11. The van der Waals surface area contributed by atoms with E-state index >= 15 is 0 Å². The highest BCUT2D eigenvalue weighted by molar-refractivity contribution is 6.30. The number of nitrogens with zero attached hydrogens (tertiary/aromatic N) is 3. The normalized spacial score (nSPS) is 14.2. The molecule has 0 atom stereocenters. The summed E-state index contributed by atoms with van der Waals surface area (Å²) in [4.78, 5) is 10.4. The average Bonchev–Trinajstić information content (AvgIpc) is 2.46. The predicted octanol–water partition coefficient (Wildman–Crippen LogP) is 3.02. The maximum absolute atomic E-state index is 9.53. The number of hydrogen-bond donors (Lipinski definition) is 1. The van der Waals surface area contributed by atoms with Gasteiger partial charge in [-0.3, -0.25) is 0 Å². The van der Waals surface area contributed by atoms with E-state index in [1.807, 2.05) is 0 Å². The highest BCUT2D eigenvalue weighted by atomic mass is 35.5. The van der Waals surface area contributed by atoms with Crippen molar-refractivity contribution in [3.8, 4) is 0 Å². The van der Waals surface area contributed by atoms with Crippen LogP contribution in [-0.2, 0) is 13.0 Å². The van der Waals surface area contributed by atoms with Gasteiger partial charge in [-0.2, -0.15) is 0 Å². The van der Waals surface area contributed by atoms with Gasteiger partial charge < -0.3 is 10.0 Å². The first-order valence-electron chi connectivity index (χ1n) is 6.68. The molecular formula is C15H16ClN3O. The van der Waals surface area contributed by atoms with Gasteiger partial charge in [-0.15, -0.1) is 0 Å². The van der Waals surface area contributed by atoms with E-state index in [-0.39, 0.29) is 6.61 Å². The highest BCUT2D eigenvalue weighted by Crippen LogP contribution is 2.35. The van der Waals surface area contributed by atoms with Crippen molar-refractivity contribution >= 4 is 23.1 Å². The maximum Gasteiger partial charge on any atom is 0.143 e. The Morgan fingerprint density at radius 2 is 2.20 bits per heavy atom. The third-order valence-electron chi connectivity index (χ3n) is 3.64. The van der Waals surface area contributed by atoms with Crippen LogP contribution in [0.5, 0.6) is 0 Å². The summed E-state index contributed by atoms with van der Waals surface area (Å²) in [5.41, 5.74) is 4.30. The van der Waals surface area contributed by atoms with Gasteiger partial charge in [0, 0.05) is 12.2 Å². The lowest BCUT2D eigenvalue weighted by Crippen LogP contribution is -2.26. The summed E-state index contributed by atoms with van der Waals surface area (Å²) >= 11 is 6.06. The van der Waals surface area contributed by atoms with Crippen molar-refractivity contribution in [1.29, 1.82) is 0 Å². The summed E-state index contributed by atoms with van der Waals surface area (Å²) in [6.45, 7) is 2.81. The fourth-order valence-corrected chi connectivity index (χ4v) is 2.88. The standard InChI is InChI=1S/C15H16ClN3O/c1-10-4-5-13-11(7-10)3-2-6-19(13)15-12(8-20)14(16)17-9-18-15/h4-5,7,9,20H,2-3,6,8H2,1H3. The number of aryl methyl sites for hydroxylation is 2. The minimum Gasteiger partial charge on any atom is -0.391 e. The van der Waals surface area contributed by atoms with E-state index in [4.69, 9.17) is 11.6 Å². The van der Waals surface area contributed by atoms with Gasteiger partial charge in [-0.25, -0.2) is 9.97 Å². The number of aliphatic hydroxyl groups is 1. The Hall–Kier alpha value is -1.65. The number of anilines is 2. The molecule has 1 aromatic heterocycles. The second-order valence-corrected chi connectivity index (χ2v) is 5.37. The van der Waals surface area contributed by atoms with Crippen molar-refractivity contribution in [2.24, 2.45) is 0 Å². The molecule has 1 aromatic carbocycles. The van der Waals surface area contributed by atoms with Crippen LogP contribution in [0, 0.1) is 6.92 Å². The van der Waals surface area contributed by atoms with Crippen LogP contribution >= 0.6 is 11.6 Å². The predicted molar refractivity (Wildman–Crippen MR) is 79.5 cm³/mol. The van der Waals surface area contributed by atoms with E-state index in [0.717, 1.165) is 25.1 Å². The van der Waals surface area contributed by atoms with Crippen LogP contribution in [0.2, 0.25) is 5.15 Å². The van der Waals surface area contributed by atoms with Crippen LogP contribution in [0.1, 0.15) is 23.1 Å². The molecule has 0 unspecified atom stereocenters. The van der Waals surface area contributed by atoms with Crippen molar-refractivity contribution in [3.63, 3.8) is 0 Å². The van der Waals surface area contributed by atoms with E-state index in [1.165, 1.54) is 17.5 Å². The van der Waals surface area contributed by atoms with Gasteiger partial charge in [0.25, 0.3) is 0 Å². The molecule has 4 nitrogen and oxygen atoms in total. The molecule has 1 N–H and O–H groups in total. The monoisotopic (exact) mass is 289 g/mol. The minimum atomic E-state index is -0.160. The summed E-state index contributed by atoms with van der Waals surface area (Å²) in [5.74, 6) is 0.706. The Kier molecular flexibility index (Phi) is 3.59. The largest absolute Gasteiger partial charge is 0.391 e. The van der Waals surface area contributed by atoms with Crippen molar-refractivity contribution in [1.82, 2.24) is 9.97 Å². The number of halogens is 1. The van der Waals surface area contributed by atoms with Crippen LogP contribution in [0.25, 0.3) is 0 Å². The van der Waals surface area contributed by atoms with E-state index < -0.39 is 0 Å². The van der Waals surface area contributed by atoms with Crippen LogP contribution < -0.4 is 4.90 Å². The Morgan fingerprint density at radius 3 is 3.00 bits per heavy atom. The molecule has 2 aromatic rings. The number of aromatic nitrogens is 2. The molecule has 0 fully saturated rings. The smallest absolute Gasteiger partial charge is 0.143 e. The molecule has 0 saturated carbocycles. The SMILES string of the molecule is Cc1ccc2c(c1)CCCN2c1ncnc(Cl)c1CO. The fraction of sp³-hybridized carbons (Fsp3) is 0.333. The quantitative estimate of drug-likeness (QED) is 0.864. The second-order valence-electron chi connectivity index (χ2n) is 5.01. The molecule has 104 valence electrons. The van der Waals surface area contributed by atoms with Gasteiger partial charge >= 0.3 is 0 Å². The summed E-state index contributed by atoms with van der Waals surface area (Å²) in [6, 6.07) is 6.42. The zero-order valence-electron chi connectivity index (χ0n) is 11.3. The molecule has 20 heavy (non-hydrogen) atoms. The van der Waals surface area contributed by atoms with Crippen molar-refractivity contribution in [3.05, 3.63) is 46.4 Å². The first-order valence-corrected chi connectivity index (χ1v) is 7.06. The number of hydrogen-bond acceptors (Lipinski definition) is 4. The molecule has 2 heterocycles. The average molecular weight is 290 g/mol. The number of benzene rings is 1. The number of fused-ring (bicyclic) bond motifs is 1. The van der Waals surface area contributed by atoms with Gasteiger partial charge in [0.15, 0.2) is 0 Å². The molecule has 0 spiro atoms. The minimum absolute atomic E-state index is 0.160. The first-order chi connectivity index (χ1) is 9.70. The molecule has 1 aliphatic rings. The molecule has 0 amide bonds. The summed E-state index contributed by atoms with van der Waals surface area (Å²) in [7, 11) is 0. The lowest BCUT2D eigenvalue weighted by molar-refractivity contribution is 0.281. The van der Waals surface area contributed by atoms with Gasteiger partial charge in [-0.05, 0) is 31.4 Å². The molecule has 0 radical (unpaired) electrons. The summed E-state index contributed by atoms with van der Waals surface area (Å²) in [5, 5.41) is 9.85. The molecule has 5 heteroatoms. The van der Waals surface area contributed by atoms with Gasteiger partial charge in [-0.1, -0.05) is 29.3 Å². The summed E-state index contributed by atoms with van der Waals surface area (Å²) in [6.07, 6.45) is 3.57. The highest BCUT2D eigenvalue weighted by Gasteiger charge is 2.22. The van der Waals surface area contributed by atoms with Gasteiger partial charge in [0.2, 0.25) is 0 Å². The Bertz CT molecular complexity index is 645. The first kappa shape index (κ1) is 13.3. The van der Waals surface area contributed by atoms with Gasteiger partial charge in [0.05, 0.1) is 12.2 Å². The van der Waals surface area contributed by atoms with E-state index in [2.05, 4.69) is 40.0 Å². The van der Waals surface area contributed by atoms with E-state index in [0.29, 0.717) is 16.5 Å². The van der Waals surface area contributed by atoms with Crippen LogP contribution in [0.3, 0.4) is 0 Å². The second kappa shape index (κ2) is 5.38. The van der Waals surface area contributed by atoms with E-state index in [1.54, 1.807) is 0 Å². The van der Waals surface area contributed by atoms with E-state index in [9.17, 15) is 5.11 Å². The molecule has 0 saturated heterocycles. The number of aliphatic hydroxyl groups excluding tert-OH is 1. The molecule has 3 rings (SSSR count). The van der Waals surface area contributed by atoms with Crippen molar-refractivity contribution < 1.29 is 5.11 Å². The third-order valence-corrected chi connectivity index (χ3v) is 3.96. The van der Waals surface area contributed by atoms with Gasteiger partial charge in [0.1, 0.15) is 17.3 Å². The molecule has 0 bridgehead atoms. The zero-order chi connectivity index (χ0) is 14.1. The molecule has 0 aliphatic carbocycles. The van der Waals surface area contributed by atoms with Crippen LogP contribution in [0.4, 0.5) is 11.5 Å². The zero-order valence-corrected chi connectivity index (χ0v) is 12.1. The van der Waals surface area contributed by atoms with Crippen molar-refractivity contribution in [2.45, 2.75) is 26.4 Å². The lowest BCUT2D eigenvalue weighted by Gasteiger charge is -2.31. The summed E-state index contributed by atoms with van der Waals surface area (Å²) < 4.78 is 0. The fourth-order valence-electron chi connectivity index (χ4n) is 2.70. The topological polar surface area (TPSA) is 49.2 Å². The van der Waals surface area contributed by atoms with Crippen LogP contribution in [0.15, 0.2) is 24.5 Å². The van der Waals surface area contributed by atoms with Crippen molar-refractivity contribution in [2.75, 3.05) is 11.4 Å². The lowest BCUT2D eigenvalue weighted by atomic mass is 9.99. The maximum atomic E-state index is 9.53. The number of rotatable bonds is 2. The third kappa shape index (κ3) is 2.25. The van der Waals surface area contributed by atoms with Crippen LogP contribution in [-0.4, -0.2) is 21.6 Å². The Labute approximate surface area is 123 Å². The Morgan fingerprint density at radius 1 is 1.35 bits per heavy atom. The molecule has 1 aliphatic heterocycles. The molecular weight excluding hydrogens is 274 g/mol.